The highest BCUT2D eigenvalue weighted by atomic mass is 15.2. The minimum Gasteiger partial charge on any atom is -0.355 e. The van der Waals surface area contributed by atoms with Gasteiger partial charge in [-0.3, -0.25) is 0 Å². The first-order valence-electron chi connectivity index (χ1n) is 9.06. The maximum atomic E-state index is 4.78. The second-order valence-electron chi connectivity index (χ2n) is 6.61. The number of hydrogen-bond donors (Lipinski definition) is 1. The highest BCUT2D eigenvalue weighted by Gasteiger charge is 2.18. The number of hydrogen-bond acceptors (Lipinski definition) is 6. The lowest BCUT2D eigenvalue weighted by atomic mass is 10.00. The third-order valence-corrected chi connectivity index (χ3v) is 4.83. The molecule has 24 heavy (non-hydrogen) atoms. The molecule has 0 radical (unpaired) electrons. The number of anilines is 2. The van der Waals surface area contributed by atoms with Crippen molar-refractivity contribution in [3.05, 3.63) is 24.0 Å². The van der Waals surface area contributed by atoms with Crippen LogP contribution in [-0.4, -0.2) is 39.6 Å². The Hall–Kier alpha value is -2.24. The molecule has 6 heteroatoms. The van der Waals surface area contributed by atoms with Crippen LogP contribution in [0.3, 0.4) is 0 Å². The zero-order valence-corrected chi connectivity index (χ0v) is 14.0. The topological polar surface area (TPSA) is 66.8 Å². The van der Waals surface area contributed by atoms with E-state index in [1.807, 2.05) is 0 Å². The van der Waals surface area contributed by atoms with Crippen LogP contribution in [0.15, 0.2) is 24.0 Å². The van der Waals surface area contributed by atoms with Crippen LogP contribution in [0.25, 0.3) is 11.2 Å². The van der Waals surface area contributed by atoms with Gasteiger partial charge in [0.2, 0.25) is 5.95 Å². The van der Waals surface area contributed by atoms with Crippen molar-refractivity contribution in [3.8, 4) is 0 Å². The minimum absolute atomic E-state index is 0.662. The standard InChI is InChI=1S/C18H24N6/c1-3-7-14(8-4-1)13-21-18-22-16-15(19-9-10-20-16)17(23-18)24-11-5-2-6-12-24/h7,9-10H,1-6,8,11-13H2,(H,20,21,22,23). The second-order valence-corrected chi connectivity index (χ2v) is 6.61. The Bertz CT molecular complexity index is 735. The van der Waals surface area contributed by atoms with E-state index >= 15 is 0 Å². The van der Waals surface area contributed by atoms with Crippen molar-refractivity contribution in [1.29, 1.82) is 0 Å². The third kappa shape index (κ3) is 3.32. The molecule has 2 aromatic rings. The molecule has 0 amide bonds. The van der Waals surface area contributed by atoms with Crippen LogP contribution in [0.2, 0.25) is 0 Å². The zero-order chi connectivity index (χ0) is 16.2. The van der Waals surface area contributed by atoms with Gasteiger partial charge in [-0.1, -0.05) is 11.6 Å². The van der Waals surface area contributed by atoms with Crippen molar-refractivity contribution in [2.75, 3.05) is 29.9 Å². The number of nitrogens with zero attached hydrogens (tertiary/aromatic N) is 5. The van der Waals surface area contributed by atoms with Gasteiger partial charge in [-0.2, -0.15) is 9.97 Å². The van der Waals surface area contributed by atoms with Crippen molar-refractivity contribution in [1.82, 2.24) is 19.9 Å². The second kappa shape index (κ2) is 7.11. The van der Waals surface area contributed by atoms with Crippen molar-refractivity contribution in [2.45, 2.75) is 44.9 Å². The minimum atomic E-state index is 0.662. The molecule has 2 aliphatic rings. The molecular weight excluding hydrogens is 300 g/mol. The van der Waals surface area contributed by atoms with Gasteiger partial charge in [-0.05, 0) is 44.9 Å². The fraction of sp³-hybridized carbons (Fsp3) is 0.556. The van der Waals surface area contributed by atoms with E-state index in [2.05, 4.69) is 31.2 Å². The third-order valence-electron chi connectivity index (χ3n) is 4.83. The van der Waals surface area contributed by atoms with Crippen LogP contribution in [0.1, 0.15) is 44.9 Å². The van der Waals surface area contributed by atoms with E-state index in [4.69, 9.17) is 4.98 Å². The summed E-state index contributed by atoms with van der Waals surface area (Å²) in [5.74, 6) is 1.59. The molecular formula is C18H24N6. The molecule has 0 unspecified atom stereocenters. The summed E-state index contributed by atoms with van der Waals surface area (Å²) in [6.07, 6.45) is 14.5. The SMILES string of the molecule is C1=C(CNc2nc(N3CCCCC3)c3nccnc3n2)CCCC1. The number of aromatic nitrogens is 4. The van der Waals surface area contributed by atoms with Crippen molar-refractivity contribution >= 4 is 22.9 Å². The predicted molar refractivity (Wildman–Crippen MR) is 96.2 cm³/mol. The number of nitrogens with one attached hydrogen (secondary N) is 1. The molecule has 3 heterocycles. The first-order chi connectivity index (χ1) is 11.9. The molecule has 126 valence electrons. The maximum absolute atomic E-state index is 4.78. The molecule has 1 aliphatic heterocycles. The Morgan fingerprint density at radius 2 is 1.83 bits per heavy atom. The molecule has 0 saturated carbocycles. The van der Waals surface area contributed by atoms with E-state index in [0.717, 1.165) is 31.0 Å². The first-order valence-corrected chi connectivity index (χ1v) is 9.06. The zero-order valence-electron chi connectivity index (χ0n) is 14.0. The van der Waals surface area contributed by atoms with Crippen LogP contribution < -0.4 is 10.2 Å². The Balaban J connectivity index is 1.62. The number of piperidine rings is 1. The molecule has 0 aromatic carbocycles. The first kappa shape index (κ1) is 15.3. The summed E-state index contributed by atoms with van der Waals surface area (Å²) in [5.41, 5.74) is 2.94. The van der Waals surface area contributed by atoms with Crippen molar-refractivity contribution < 1.29 is 0 Å². The molecule has 0 spiro atoms. The van der Waals surface area contributed by atoms with E-state index in [1.165, 1.54) is 50.5 Å². The average Bonchev–Trinajstić information content (AvgIpc) is 2.67. The van der Waals surface area contributed by atoms with Gasteiger partial charge in [0.15, 0.2) is 17.0 Å². The van der Waals surface area contributed by atoms with Gasteiger partial charge < -0.3 is 10.2 Å². The monoisotopic (exact) mass is 324 g/mol. The van der Waals surface area contributed by atoms with Gasteiger partial charge in [0, 0.05) is 32.0 Å². The van der Waals surface area contributed by atoms with E-state index in [-0.39, 0.29) is 0 Å². The van der Waals surface area contributed by atoms with Crippen LogP contribution in [0.5, 0.6) is 0 Å². The maximum Gasteiger partial charge on any atom is 0.227 e. The molecule has 2 aromatic heterocycles. The molecule has 1 N–H and O–H groups in total. The Morgan fingerprint density at radius 3 is 2.67 bits per heavy atom. The van der Waals surface area contributed by atoms with Gasteiger partial charge in [0.05, 0.1) is 0 Å². The largest absolute Gasteiger partial charge is 0.355 e. The number of fused-ring (bicyclic) bond motifs is 1. The van der Waals surface area contributed by atoms with Gasteiger partial charge >= 0.3 is 0 Å². The normalized spacial score (nSPS) is 18.5. The fourth-order valence-electron chi connectivity index (χ4n) is 3.51. The molecule has 6 nitrogen and oxygen atoms in total. The summed E-state index contributed by atoms with van der Waals surface area (Å²) in [4.78, 5) is 20.6. The lowest BCUT2D eigenvalue weighted by Crippen LogP contribution is -2.31. The van der Waals surface area contributed by atoms with Crippen molar-refractivity contribution in [3.63, 3.8) is 0 Å². The van der Waals surface area contributed by atoms with Crippen molar-refractivity contribution in [2.24, 2.45) is 0 Å². The van der Waals surface area contributed by atoms with Crippen LogP contribution in [0.4, 0.5) is 11.8 Å². The highest BCUT2D eigenvalue weighted by Crippen LogP contribution is 2.25. The molecule has 1 fully saturated rings. The van der Waals surface area contributed by atoms with Gasteiger partial charge in [-0.25, -0.2) is 9.97 Å². The summed E-state index contributed by atoms with van der Waals surface area (Å²) in [6, 6.07) is 0. The molecule has 1 aliphatic carbocycles. The molecule has 0 bridgehead atoms. The van der Waals surface area contributed by atoms with Crippen LogP contribution >= 0.6 is 0 Å². The Labute approximate surface area is 142 Å². The van der Waals surface area contributed by atoms with Crippen LogP contribution in [-0.2, 0) is 0 Å². The summed E-state index contributed by atoms with van der Waals surface area (Å²) in [7, 11) is 0. The van der Waals surface area contributed by atoms with E-state index < -0.39 is 0 Å². The summed E-state index contributed by atoms with van der Waals surface area (Å²) < 4.78 is 0. The molecule has 4 rings (SSSR count). The Kier molecular flexibility index (Phi) is 4.53. The molecule has 1 saturated heterocycles. The van der Waals surface area contributed by atoms with Crippen LogP contribution in [0, 0.1) is 0 Å². The lowest BCUT2D eigenvalue weighted by Gasteiger charge is -2.28. The number of rotatable bonds is 4. The van der Waals surface area contributed by atoms with Gasteiger partial charge in [-0.15, -0.1) is 0 Å². The van der Waals surface area contributed by atoms with Gasteiger partial charge in [0.25, 0.3) is 0 Å². The lowest BCUT2D eigenvalue weighted by molar-refractivity contribution is 0.574. The van der Waals surface area contributed by atoms with E-state index in [0.29, 0.717) is 11.6 Å². The quantitative estimate of drug-likeness (QED) is 0.870. The van der Waals surface area contributed by atoms with E-state index in [9.17, 15) is 0 Å². The van der Waals surface area contributed by atoms with E-state index in [1.54, 1.807) is 12.4 Å². The fourth-order valence-corrected chi connectivity index (χ4v) is 3.51. The predicted octanol–water partition coefficient (Wildman–Crippen LogP) is 3.32. The smallest absolute Gasteiger partial charge is 0.227 e. The average molecular weight is 324 g/mol. The number of allylic oxidation sites excluding steroid dienone is 1. The van der Waals surface area contributed by atoms with Gasteiger partial charge in [0.1, 0.15) is 0 Å². The summed E-state index contributed by atoms with van der Waals surface area (Å²) in [6.45, 7) is 2.89. The molecule has 0 atom stereocenters. The summed E-state index contributed by atoms with van der Waals surface area (Å²) >= 11 is 0. The highest BCUT2D eigenvalue weighted by molar-refractivity contribution is 5.83. The Morgan fingerprint density at radius 1 is 0.958 bits per heavy atom. The summed E-state index contributed by atoms with van der Waals surface area (Å²) in [5, 5.41) is 3.40.